The van der Waals surface area contributed by atoms with Crippen LogP contribution >= 0.6 is 23.4 Å². The fraction of sp³-hybridized carbons (Fsp3) is 0.350. The molecule has 4 nitrogen and oxygen atoms in total. The molecule has 7 heteroatoms. The number of nitrogens with one attached hydrogen (secondary N) is 1. The molecule has 1 N–H and O–H groups in total. The normalized spacial score (nSPS) is 10.5. The average Bonchev–Trinajstić information content (AvgIpc) is 2.67. The quantitative estimate of drug-likeness (QED) is 0.585. The average molecular weight is 412 g/mol. The number of halogens is 2. The van der Waals surface area contributed by atoms with Gasteiger partial charge in [0.2, 0.25) is 5.91 Å². The monoisotopic (exact) mass is 411 g/mol. The van der Waals surface area contributed by atoms with Crippen LogP contribution in [0.4, 0.5) is 4.39 Å². The molecular weight excluding hydrogens is 389 g/mol. The summed E-state index contributed by atoms with van der Waals surface area (Å²) in [5.41, 5.74) is 1.55. The van der Waals surface area contributed by atoms with Crippen molar-refractivity contribution >= 4 is 29.3 Å². The molecule has 2 aromatic carbocycles. The molecule has 0 spiro atoms. The van der Waals surface area contributed by atoms with Crippen LogP contribution in [-0.2, 0) is 17.0 Å². The maximum absolute atomic E-state index is 13.7. The van der Waals surface area contributed by atoms with Gasteiger partial charge in [-0.2, -0.15) is 0 Å². The third-order valence-corrected chi connectivity index (χ3v) is 5.27. The van der Waals surface area contributed by atoms with Crippen LogP contribution in [-0.4, -0.2) is 32.4 Å². The van der Waals surface area contributed by atoms with E-state index in [1.54, 1.807) is 26.4 Å². The van der Waals surface area contributed by atoms with Gasteiger partial charge in [0.15, 0.2) is 11.5 Å². The molecule has 0 saturated heterocycles. The Bertz CT molecular complexity index is 753. The van der Waals surface area contributed by atoms with Crippen LogP contribution in [0.5, 0.6) is 11.5 Å². The number of hydrogen-bond donors (Lipinski definition) is 1. The first kappa shape index (κ1) is 21.4. The first-order valence-corrected chi connectivity index (χ1v) is 10.1. The zero-order chi connectivity index (χ0) is 19.6. The maximum atomic E-state index is 13.7. The van der Waals surface area contributed by atoms with Crippen LogP contribution in [0.1, 0.15) is 17.5 Å². The van der Waals surface area contributed by atoms with Gasteiger partial charge in [-0.05, 0) is 42.7 Å². The van der Waals surface area contributed by atoms with E-state index in [2.05, 4.69) is 5.32 Å². The molecule has 0 bridgehead atoms. The molecule has 2 aromatic rings. The van der Waals surface area contributed by atoms with E-state index in [0.29, 0.717) is 34.4 Å². The number of benzene rings is 2. The van der Waals surface area contributed by atoms with Gasteiger partial charge in [-0.3, -0.25) is 4.79 Å². The topological polar surface area (TPSA) is 47.6 Å². The lowest BCUT2D eigenvalue weighted by molar-refractivity contribution is -0.118. The van der Waals surface area contributed by atoms with Crippen LogP contribution in [0.15, 0.2) is 36.4 Å². The van der Waals surface area contributed by atoms with Crippen molar-refractivity contribution in [1.82, 2.24) is 5.32 Å². The Kier molecular flexibility index (Phi) is 8.75. The number of carbonyl (C=O) groups is 1. The summed E-state index contributed by atoms with van der Waals surface area (Å²) in [6, 6.07) is 10.4. The lowest BCUT2D eigenvalue weighted by Crippen LogP contribution is -2.26. The molecular formula is C20H23ClFNO3S. The van der Waals surface area contributed by atoms with Gasteiger partial charge in [0.05, 0.1) is 20.0 Å². The van der Waals surface area contributed by atoms with E-state index < -0.39 is 0 Å². The Morgan fingerprint density at radius 2 is 1.96 bits per heavy atom. The van der Waals surface area contributed by atoms with Gasteiger partial charge in [0.25, 0.3) is 0 Å². The van der Waals surface area contributed by atoms with Crippen molar-refractivity contribution in [3.63, 3.8) is 0 Å². The minimum absolute atomic E-state index is 0.0697. The molecule has 0 atom stereocenters. The van der Waals surface area contributed by atoms with Gasteiger partial charge in [0, 0.05) is 22.9 Å². The Morgan fingerprint density at radius 3 is 2.67 bits per heavy atom. The van der Waals surface area contributed by atoms with Crippen molar-refractivity contribution in [2.75, 3.05) is 26.5 Å². The van der Waals surface area contributed by atoms with Crippen molar-refractivity contribution in [1.29, 1.82) is 0 Å². The fourth-order valence-electron chi connectivity index (χ4n) is 2.52. The number of thioether (sulfide) groups is 1. The van der Waals surface area contributed by atoms with E-state index in [1.807, 2.05) is 18.2 Å². The van der Waals surface area contributed by atoms with E-state index in [1.165, 1.54) is 17.8 Å². The summed E-state index contributed by atoms with van der Waals surface area (Å²) in [6.07, 6.45) is 1.63. The lowest BCUT2D eigenvalue weighted by Gasteiger charge is -2.10. The van der Waals surface area contributed by atoms with E-state index in [0.717, 1.165) is 18.4 Å². The van der Waals surface area contributed by atoms with Crippen LogP contribution in [0.2, 0.25) is 5.02 Å². The second-order valence-electron chi connectivity index (χ2n) is 5.84. The summed E-state index contributed by atoms with van der Waals surface area (Å²) in [7, 11) is 3.21. The molecule has 146 valence electrons. The highest BCUT2D eigenvalue weighted by Crippen LogP contribution is 2.28. The van der Waals surface area contributed by atoms with Crippen LogP contribution < -0.4 is 14.8 Å². The molecule has 0 aliphatic heterocycles. The fourth-order valence-corrected chi connectivity index (χ4v) is 3.72. The molecule has 0 radical (unpaired) electrons. The summed E-state index contributed by atoms with van der Waals surface area (Å²) < 4.78 is 24.2. The van der Waals surface area contributed by atoms with Gasteiger partial charge in [-0.15, -0.1) is 11.8 Å². The standard InChI is InChI=1S/C20H23ClFNO3S/c1-25-18-9-8-14(11-19(18)26-2)5-4-10-23-20(24)13-27-12-15-16(21)6-3-7-17(15)22/h3,6-9,11H,4-5,10,12-13H2,1-2H3,(H,23,24). The number of amides is 1. The Hall–Kier alpha value is -1.92. The zero-order valence-electron chi connectivity index (χ0n) is 15.4. The number of ether oxygens (including phenoxy) is 2. The molecule has 0 unspecified atom stereocenters. The molecule has 0 aliphatic rings. The first-order chi connectivity index (χ1) is 13.0. The van der Waals surface area contributed by atoms with Gasteiger partial charge < -0.3 is 14.8 Å². The smallest absolute Gasteiger partial charge is 0.230 e. The van der Waals surface area contributed by atoms with Crippen molar-refractivity contribution in [2.24, 2.45) is 0 Å². The highest BCUT2D eigenvalue weighted by atomic mass is 35.5. The van der Waals surface area contributed by atoms with Crippen LogP contribution in [0, 0.1) is 5.82 Å². The Balaban J connectivity index is 1.68. The molecule has 0 saturated carbocycles. The molecule has 1 amide bonds. The van der Waals surface area contributed by atoms with E-state index in [9.17, 15) is 9.18 Å². The number of hydrogen-bond acceptors (Lipinski definition) is 4. The largest absolute Gasteiger partial charge is 0.493 e. The van der Waals surface area contributed by atoms with Gasteiger partial charge >= 0.3 is 0 Å². The third-order valence-electron chi connectivity index (χ3n) is 3.95. The SMILES string of the molecule is COc1ccc(CCCNC(=O)CSCc2c(F)cccc2Cl)cc1OC. The summed E-state index contributed by atoms with van der Waals surface area (Å²) in [5, 5.41) is 3.26. The highest BCUT2D eigenvalue weighted by molar-refractivity contribution is 7.99. The summed E-state index contributed by atoms with van der Waals surface area (Å²) in [6.45, 7) is 0.578. The summed E-state index contributed by atoms with van der Waals surface area (Å²) in [4.78, 5) is 11.9. The second kappa shape index (κ2) is 11.0. The molecule has 0 aliphatic carbocycles. The minimum Gasteiger partial charge on any atom is -0.493 e. The van der Waals surface area contributed by atoms with Gasteiger partial charge in [0.1, 0.15) is 5.82 Å². The second-order valence-corrected chi connectivity index (χ2v) is 7.23. The number of aryl methyl sites for hydroxylation is 1. The van der Waals surface area contributed by atoms with E-state index in [-0.39, 0.29) is 17.5 Å². The Morgan fingerprint density at radius 1 is 1.19 bits per heavy atom. The zero-order valence-corrected chi connectivity index (χ0v) is 17.0. The predicted molar refractivity (Wildman–Crippen MR) is 108 cm³/mol. The lowest BCUT2D eigenvalue weighted by atomic mass is 10.1. The van der Waals surface area contributed by atoms with Crippen LogP contribution in [0.25, 0.3) is 0 Å². The van der Waals surface area contributed by atoms with Crippen LogP contribution in [0.3, 0.4) is 0 Å². The van der Waals surface area contributed by atoms with Crippen molar-refractivity contribution in [3.05, 3.63) is 58.4 Å². The summed E-state index contributed by atoms with van der Waals surface area (Å²) in [5.74, 6) is 1.61. The summed E-state index contributed by atoms with van der Waals surface area (Å²) >= 11 is 7.31. The van der Waals surface area contributed by atoms with Crippen molar-refractivity contribution in [3.8, 4) is 11.5 Å². The predicted octanol–water partition coefficient (Wildman–Crippen LogP) is 4.48. The highest BCUT2D eigenvalue weighted by Gasteiger charge is 2.09. The third kappa shape index (κ3) is 6.63. The number of methoxy groups -OCH3 is 2. The van der Waals surface area contributed by atoms with Gasteiger partial charge in [-0.1, -0.05) is 23.7 Å². The number of carbonyl (C=O) groups excluding carboxylic acids is 1. The molecule has 0 aromatic heterocycles. The van der Waals surface area contributed by atoms with Gasteiger partial charge in [-0.25, -0.2) is 4.39 Å². The molecule has 27 heavy (non-hydrogen) atoms. The van der Waals surface area contributed by atoms with Crippen molar-refractivity contribution in [2.45, 2.75) is 18.6 Å². The van der Waals surface area contributed by atoms with E-state index in [4.69, 9.17) is 21.1 Å². The van der Waals surface area contributed by atoms with E-state index >= 15 is 0 Å². The first-order valence-electron chi connectivity index (χ1n) is 8.53. The number of rotatable bonds is 10. The molecule has 2 rings (SSSR count). The molecule has 0 heterocycles. The Labute approximate surface area is 168 Å². The maximum Gasteiger partial charge on any atom is 0.230 e. The molecule has 0 fully saturated rings. The minimum atomic E-state index is -0.342. The van der Waals surface area contributed by atoms with Crippen molar-refractivity contribution < 1.29 is 18.7 Å².